The van der Waals surface area contributed by atoms with E-state index in [-0.39, 0.29) is 6.03 Å². The summed E-state index contributed by atoms with van der Waals surface area (Å²) in [5.41, 5.74) is 0.996. The van der Waals surface area contributed by atoms with Gasteiger partial charge in [-0.3, -0.25) is 9.88 Å². The summed E-state index contributed by atoms with van der Waals surface area (Å²) in [6, 6.07) is 3.67. The Bertz CT molecular complexity index is 393. The Kier molecular flexibility index (Phi) is 6.26. The smallest absolute Gasteiger partial charge is 0.315 e. The Morgan fingerprint density at radius 2 is 2.20 bits per heavy atom. The highest BCUT2D eigenvalue weighted by Gasteiger charge is 2.09. The second kappa shape index (κ2) is 8.50. The third-order valence-corrected chi connectivity index (χ3v) is 3.22. The van der Waals surface area contributed by atoms with Gasteiger partial charge in [-0.1, -0.05) is 6.07 Å². The molecule has 6 heteroatoms. The number of hydrogen-bond acceptors (Lipinski definition) is 4. The number of carbonyl (C=O) groups excluding carboxylic acids is 1. The van der Waals surface area contributed by atoms with Gasteiger partial charge in [0.25, 0.3) is 0 Å². The highest BCUT2D eigenvalue weighted by Crippen LogP contribution is 1.97. The lowest BCUT2D eigenvalue weighted by atomic mass is 10.3. The molecule has 0 aliphatic carbocycles. The average Bonchev–Trinajstić information content (AvgIpc) is 2.52. The summed E-state index contributed by atoms with van der Waals surface area (Å²) in [6.07, 6.45) is 4.42. The number of pyridine rings is 1. The van der Waals surface area contributed by atoms with Crippen LogP contribution in [0.15, 0.2) is 24.5 Å². The van der Waals surface area contributed by atoms with Gasteiger partial charge in [0, 0.05) is 38.6 Å². The topological polar surface area (TPSA) is 66.5 Å². The molecule has 1 aromatic rings. The molecule has 0 unspecified atom stereocenters. The molecule has 110 valence electrons. The Labute approximate surface area is 119 Å². The van der Waals surface area contributed by atoms with Gasteiger partial charge in [0.15, 0.2) is 0 Å². The summed E-state index contributed by atoms with van der Waals surface area (Å²) in [5.74, 6) is 0. The summed E-state index contributed by atoms with van der Waals surface area (Å²) in [6.45, 7) is 5.82. The maximum absolute atomic E-state index is 11.6. The first-order chi connectivity index (χ1) is 9.84. The number of urea groups is 1. The quantitative estimate of drug-likeness (QED) is 0.748. The Morgan fingerprint density at radius 1 is 1.35 bits per heavy atom. The molecule has 1 aliphatic heterocycles. The molecule has 1 fully saturated rings. The van der Waals surface area contributed by atoms with E-state index in [9.17, 15) is 4.79 Å². The number of rotatable bonds is 6. The molecule has 0 radical (unpaired) electrons. The van der Waals surface area contributed by atoms with Crippen molar-refractivity contribution in [2.24, 2.45) is 0 Å². The maximum atomic E-state index is 11.6. The van der Waals surface area contributed by atoms with E-state index in [4.69, 9.17) is 4.74 Å². The molecule has 1 aliphatic rings. The number of aromatic nitrogens is 1. The van der Waals surface area contributed by atoms with Crippen LogP contribution < -0.4 is 10.6 Å². The fourth-order valence-electron chi connectivity index (χ4n) is 2.08. The van der Waals surface area contributed by atoms with Gasteiger partial charge in [-0.25, -0.2) is 4.79 Å². The van der Waals surface area contributed by atoms with Crippen LogP contribution in [0, 0.1) is 0 Å². The van der Waals surface area contributed by atoms with E-state index in [2.05, 4.69) is 20.5 Å². The van der Waals surface area contributed by atoms with Crippen LogP contribution in [0.3, 0.4) is 0 Å². The first kappa shape index (κ1) is 14.7. The SMILES string of the molecule is O=C(NCCCN1CCOCC1)NCc1cccnc1. The molecule has 0 spiro atoms. The van der Waals surface area contributed by atoms with Crippen LogP contribution in [0.5, 0.6) is 0 Å². The molecule has 2 amide bonds. The van der Waals surface area contributed by atoms with Gasteiger partial charge in [0.1, 0.15) is 0 Å². The Morgan fingerprint density at radius 3 is 2.95 bits per heavy atom. The number of hydrogen-bond donors (Lipinski definition) is 2. The molecular weight excluding hydrogens is 256 g/mol. The van der Waals surface area contributed by atoms with Crippen molar-refractivity contribution in [2.45, 2.75) is 13.0 Å². The van der Waals surface area contributed by atoms with Crippen LogP contribution in [0.1, 0.15) is 12.0 Å². The van der Waals surface area contributed by atoms with E-state index >= 15 is 0 Å². The molecule has 1 aromatic heterocycles. The summed E-state index contributed by atoms with van der Waals surface area (Å²) in [5, 5.41) is 5.68. The van der Waals surface area contributed by atoms with Crippen molar-refractivity contribution in [3.8, 4) is 0 Å². The molecule has 2 N–H and O–H groups in total. The minimum Gasteiger partial charge on any atom is -0.379 e. The summed E-state index contributed by atoms with van der Waals surface area (Å²) in [4.78, 5) is 18.0. The highest BCUT2D eigenvalue weighted by molar-refractivity contribution is 5.73. The maximum Gasteiger partial charge on any atom is 0.315 e. The van der Waals surface area contributed by atoms with Gasteiger partial charge in [0.2, 0.25) is 0 Å². The van der Waals surface area contributed by atoms with Crippen molar-refractivity contribution in [3.05, 3.63) is 30.1 Å². The van der Waals surface area contributed by atoms with Crippen LogP contribution in [-0.4, -0.2) is 55.3 Å². The number of amides is 2. The van der Waals surface area contributed by atoms with Gasteiger partial charge in [0.05, 0.1) is 13.2 Å². The lowest BCUT2D eigenvalue weighted by Crippen LogP contribution is -2.39. The van der Waals surface area contributed by atoms with Crippen molar-refractivity contribution in [1.29, 1.82) is 0 Å². The van der Waals surface area contributed by atoms with Gasteiger partial charge in [-0.05, 0) is 24.6 Å². The lowest BCUT2D eigenvalue weighted by Gasteiger charge is -2.26. The monoisotopic (exact) mass is 278 g/mol. The van der Waals surface area contributed by atoms with Crippen LogP contribution >= 0.6 is 0 Å². The second-order valence-electron chi connectivity index (χ2n) is 4.78. The molecular formula is C14H22N4O2. The molecule has 2 heterocycles. The predicted octanol–water partition coefficient (Wildman–Crippen LogP) is 0.603. The van der Waals surface area contributed by atoms with Crippen LogP contribution in [0.25, 0.3) is 0 Å². The summed E-state index contributed by atoms with van der Waals surface area (Å²) in [7, 11) is 0. The normalized spacial score (nSPS) is 15.8. The van der Waals surface area contributed by atoms with E-state index in [0.29, 0.717) is 13.1 Å². The molecule has 1 saturated heterocycles. The van der Waals surface area contributed by atoms with Crippen molar-refractivity contribution in [2.75, 3.05) is 39.4 Å². The van der Waals surface area contributed by atoms with Crippen molar-refractivity contribution in [3.63, 3.8) is 0 Å². The Hall–Kier alpha value is -1.66. The third-order valence-electron chi connectivity index (χ3n) is 3.22. The predicted molar refractivity (Wildman–Crippen MR) is 76.4 cm³/mol. The van der Waals surface area contributed by atoms with Gasteiger partial charge < -0.3 is 15.4 Å². The lowest BCUT2D eigenvalue weighted by molar-refractivity contribution is 0.0375. The van der Waals surface area contributed by atoms with Gasteiger partial charge >= 0.3 is 6.03 Å². The zero-order valence-corrected chi connectivity index (χ0v) is 11.7. The fraction of sp³-hybridized carbons (Fsp3) is 0.571. The fourth-order valence-corrected chi connectivity index (χ4v) is 2.08. The zero-order valence-electron chi connectivity index (χ0n) is 11.7. The van der Waals surface area contributed by atoms with Crippen LogP contribution in [-0.2, 0) is 11.3 Å². The van der Waals surface area contributed by atoms with Crippen LogP contribution in [0.4, 0.5) is 4.79 Å². The molecule has 6 nitrogen and oxygen atoms in total. The molecule has 20 heavy (non-hydrogen) atoms. The van der Waals surface area contributed by atoms with E-state index in [0.717, 1.165) is 44.8 Å². The summed E-state index contributed by atoms with van der Waals surface area (Å²) < 4.78 is 5.29. The van der Waals surface area contributed by atoms with E-state index in [1.54, 1.807) is 12.4 Å². The number of ether oxygens (including phenoxy) is 1. The van der Waals surface area contributed by atoms with Crippen molar-refractivity contribution < 1.29 is 9.53 Å². The van der Waals surface area contributed by atoms with Crippen LogP contribution in [0.2, 0.25) is 0 Å². The standard InChI is InChI=1S/C14H22N4O2/c19-14(17-12-13-3-1-4-15-11-13)16-5-2-6-18-7-9-20-10-8-18/h1,3-4,11H,2,5-10,12H2,(H2,16,17,19). The number of nitrogens with zero attached hydrogens (tertiary/aromatic N) is 2. The van der Waals surface area contributed by atoms with Crippen molar-refractivity contribution >= 4 is 6.03 Å². The molecule has 2 rings (SSSR count). The van der Waals surface area contributed by atoms with Gasteiger partial charge in [-0.15, -0.1) is 0 Å². The first-order valence-electron chi connectivity index (χ1n) is 7.05. The molecule has 0 aromatic carbocycles. The van der Waals surface area contributed by atoms with E-state index in [1.165, 1.54) is 0 Å². The second-order valence-corrected chi connectivity index (χ2v) is 4.78. The Balaban J connectivity index is 1.51. The third kappa shape index (κ3) is 5.54. The minimum absolute atomic E-state index is 0.129. The molecule has 0 atom stereocenters. The first-order valence-corrected chi connectivity index (χ1v) is 7.05. The zero-order chi connectivity index (χ0) is 14.0. The van der Waals surface area contributed by atoms with Crippen molar-refractivity contribution in [1.82, 2.24) is 20.5 Å². The average molecular weight is 278 g/mol. The van der Waals surface area contributed by atoms with Gasteiger partial charge in [-0.2, -0.15) is 0 Å². The van der Waals surface area contributed by atoms with E-state index < -0.39 is 0 Å². The minimum atomic E-state index is -0.129. The largest absolute Gasteiger partial charge is 0.379 e. The number of morpholine rings is 1. The van der Waals surface area contributed by atoms with E-state index in [1.807, 2.05) is 12.1 Å². The number of nitrogens with one attached hydrogen (secondary N) is 2. The molecule has 0 saturated carbocycles. The highest BCUT2D eigenvalue weighted by atomic mass is 16.5. The summed E-state index contributed by atoms with van der Waals surface area (Å²) >= 11 is 0. The molecule has 0 bridgehead atoms. The number of carbonyl (C=O) groups is 1.